The molecule has 4 atom stereocenters. The summed E-state index contributed by atoms with van der Waals surface area (Å²) in [6.45, 7) is 7.42. The van der Waals surface area contributed by atoms with Crippen LogP contribution in [0.5, 0.6) is 0 Å². The smallest absolute Gasteiger partial charge is 0.228 e. The van der Waals surface area contributed by atoms with E-state index in [1.165, 1.54) is 38.5 Å². The fourth-order valence-electron chi connectivity index (χ4n) is 5.17. The summed E-state index contributed by atoms with van der Waals surface area (Å²) in [5, 5.41) is 3.46. The van der Waals surface area contributed by atoms with Gasteiger partial charge in [0.25, 0.3) is 0 Å². The van der Waals surface area contributed by atoms with Gasteiger partial charge in [-0.3, -0.25) is 4.79 Å². The normalized spacial score (nSPS) is 36.0. The first kappa shape index (κ1) is 15.3. The van der Waals surface area contributed by atoms with Crippen LogP contribution in [0.2, 0.25) is 0 Å². The van der Waals surface area contributed by atoms with Crippen LogP contribution in [-0.2, 0) is 4.79 Å². The highest BCUT2D eigenvalue weighted by atomic mass is 16.2. The minimum absolute atomic E-state index is 0.222. The molecule has 21 heavy (non-hydrogen) atoms. The van der Waals surface area contributed by atoms with Crippen molar-refractivity contribution in [2.24, 2.45) is 29.1 Å². The number of rotatable bonds is 4. The summed E-state index contributed by atoms with van der Waals surface area (Å²) in [7, 11) is 2.03. The third kappa shape index (κ3) is 2.99. The summed E-state index contributed by atoms with van der Waals surface area (Å²) in [6, 6.07) is 0. The molecule has 2 bridgehead atoms. The number of piperidine rings is 1. The van der Waals surface area contributed by atoms with Crippen molar-refractivity contribution in [2.75, 3.05) is 26.7 Å². The molecule has 2 aliphatic carbocycles. The second-order valence-corrected chi connectivity index (χ2v) is 8.39. The SMILES string of the molecule is CN(CC1CC2CCC1C2)C(=O)C(C)(C)C1CCCNC1. The van der Waals surface area contributed by atoms with Crippen molar-refractivity contribution in [1.82, 2.24) is 10.2 Å². The van der Waals surface area contributed by atoms with E-state index in [0.29, 0.717) is 11.8 Å². The van der Waals surface area contributed by atoms with E-state index >= 15 is 0 Å². The Bertz CT molecular complexity index is 387. The second kappa shape index (κ2) is 5.91. The number of amides is 1. The highest BCUT2D eigenvalue weighted by Crippen LogP contribution is 2.48. The average molecular weight is 292 g/mol. The summed E-state index contributed by atoms with van der Waals surface area (Å²) in [5.74, 6) is 3.50. The van der Waals surface area contributed by atoms with Crippen molar-refractivity contribution < 1.29 is 4.79 Å². The standard InChI is InChI=1S/C18H32N2O/c1-18(2,16-5-4-8-19-11-16)17(21)20(3)12-15-10-13-6-7-14(15)9-13/h13-16,19H,4-12H2,1-3H3. The van der Waals surface area contributed by atoms with E-state index in [1.54, 1.807) is 0 Å². The quantitative estimate of drug-likeness (QED) is 0.864. The summed E-state index contributed by atoms with van der Waals surface area (Å²) in [4.78, 5) is 15.0. The number of carbonyl (C=O) groups is 1. The molecule has 0 spiro atoms. The molecule has 0 aromatic carbocycles. The van der Waals surface area contributed by atoms with Gasteiger partial charge in [-0.05, 0) is 68.9 Å². The van der Waals surface area contributed by atoms with Gasteiger partial charge in [0.1, 0.15) is 0 Å². The lowest BCUT2D eigenvalue weighted by atomic mass is 9.74. The lowest BCUT2D eigenvalue weighted by molar-refractivity contribution is -0.143. The summed E-state index contributed by atoms with van der Waals surface area (Å²) in [5.41, 5.74) is -0.222. The topological polar surface area (TPSA) is 32.3 Å². The molecule has 1 saturated heterocycles. The van der Waals surface area contributed by atoms with Gasteiger partial charge in [0.05, 0.1) is 0 Å². The predicted octanol–water partition coefficient (Wildman–Crippen LogP) is 2.91. The highest BCUT2D eigenvalue weighted by Gasteiger charge is 2.43. The maximum atomic E-state index is 13.0. The number of hydrogen-bond acceptors (Lipinski definition) is 2. The lowest BCUT2D eigenvalue weighted by Crippen LogP contribution is -2.49. The van der Waals surface area contributed by atoms with Crippen molar-refractivity contribution in [1.29, 1.82) is 0 Å². The van der Waals surface area contributed by atoms with E-state index in [9.17, 15) is 4.79 Å². The van der Waals surface area contributed by atoms with Gasteiger partial charge in [-0.1, -0.05) is 20.3 Å². The Morgan fingerprint density at radius 2 is 2.05 bits per heavy atom. The minimum Gasteiger partial charge on any atom is -0.345 e. The second-order valence-electron chi connectivity index (χ2n) is 8.39. The molecular formula is C18H32N2O. The van der Waals surface area contributed by atoms with Crippen LogP contribution >= 0.6 is 0 Å². The van der Waals surface area contributed by atoms with Gasteiger partial charge in [0.15, 0.2) is 0 Å². The van der Waals surface area contributed by atoms with Gasteiger partial charge >= 0.3 is 0 Å². The Morgan fingerprint density at radius 1 is 1.24 bits per heavy atom. The third-order valence-corrected chi connectivity index (χ3v) is 6.61. The van der Waals surface area contributed by atoms with Crippen LogP contribution in [0, 0.1) is 29.1 Å². The van der Waals surface area contributed by atoms with Crippen molar-refractivity contribution in [3.8, 4) is 0 Å². The van der Waals surface area contributed by atoms with E-state index in [4.69, 9.17) is 0 Å². The van der Waals surface area contributed by atoms with E-state index in [2.05, 4.69) is 24.1 Å². The molecule has 0 aromatic rings. The summed E-state index contributed by atoms with van der Waals surface area (Å²) >= 11 is 0. The molecule has 3 aliphatic rings. The van der Waals surface area contributed by atoms with Gasteiger partial charge in [0, 0.05) is 19.0 Å². The van der Waals surface area contributed by atoms with Gasteiger partial charge in [-0.15, -0.1) is 0 Å². The zero-order chi connectivity index (χ0) is 15.0. The fourth-order valence-corrected chi connectivity index (χ4v) is 5.17. The van der Waals surface area contributed by atoms with Gasteiger partial charge < -0.3 is 10.2 Å². The van der Waals surface area contributed by atoms with Crippen LogP contribution in [-0.4, -0.2) is 37.5 Å². The number of hydrogen-bond donors (Lipinski definition) is 1. The van der Waals surface area contributed by atoms with Crippen molar-refractivity contribution in [2.45, 2.75) is 52.4 Å². The van der Waals surface area contributed by atoms with Gasteiger partial charge in [-0.25, -0.2) is 0 Å². The van der Waals surface area contributed by atoms with Crippen molar-refractivity contribution >= 4 is 5.91 Å². The van der Waals surface area contributed by atoms with Crippen LogP contribution in [0.3, 0.4) is 0 Å². The van der Waals surface area contributed by atoms with Crippen LogP contribution < -0.4 is 5.32 Å². The molecule has 1 N–H and O–H groups in total. The summed E-state index contributed by atoms with van der Waals surface area (Å²) < 4.78 is 0. The highest BCUT2D eigenvalue weighted by molar-refractivity contribution is 5.82. The minimum atomic E-state index is -0.222. The Labute approximate surface area is 129 Å². The van der Waals surface area contributed by atoms with Crippen molar-refractivity contribution in [3.05, 3.63) is 0 Å². The molecule has 1 amide bonds. The van der Waals surface area contributed by atoms with E-state index in [-0.39, 0.29) is 5.41 Å². The Kier molecular flexibility index (Phi) is 4.31. The molecule has 0 aromatic heterocycles. The number of nitrogens with one attached hydrogen (secondary N) is 1. The maximum absolute atomic E-state index is 13.0. The predicted molar refractivity (Wildman–Crippen MR) is 85.9 cm³/mol. The Morgan fingerprint density at radius 3 is 2.62 bits per heavy atom. The van der Waals surface area contributed by atoms with E-state index < -0.39 is 0 Å². The summed E-state index contributed by atoms with van der Waals surface area (Å²) in [6.07, 6.45) is 8.05. The maximum Gasteiger partial charge on any atom is 0.228 e. The Hall–Kier alpha value is -0.570. The molecule has 3 rings (SSSR count). The van der Waals surface area contributed by atoms with Crippen molar-refractivity contribution in [3.63, 3.8) is 0 Å². The molecule has 1 aliphatic heterocycles. The molecule has 2 saturated carbocycles. The number of fused-ring (bicyclic) bond motifs is 2. The lowest BCUT2D eigenvalue weighted by Gasteiger charge is -2.39. The first-order chi connectivity index (χ1) is 9.98. The zero-order valence-electron chi connectivity index (χ0n) is 14.0. The third-order valence-electron chi connectivity index (χ3n) is 6.61. The first-order valence-electron chi connectivity index (χ1n) is 8.94. The zero-order valence-corrected chi connectivity index (χ0v) is 14.0. The van der Waals surface area contributed by atoms with Crippen LogP contribution in [0.15, 0.2) is 0 Å². The monoisotopic (exact) mass is 292 g/mol. The molecule has 1 heterocycles. The van der Waals surface area contributed by atoms with E-state index in [1.807, 2.05) is 7.05 Å². The molecule has 3 heteroatoms. The fraction of sp³-hybridized carbons (Fsp3) is 0.944. The van der Waals surface area contributed by atoms with Gasteiger partial charge in [0.2, 0.25) is 5.91 Å². The molecule has 0 radical (unpaired) electrons. The number of nitrogens with zero attached hydrogens (tertiary/aromatic N) is 1. The van der Waals surface area contributed by atoms with Crippen LogP contribution in [0.1, 0.15) is 52.4 Å². The number of carbonyl (C=O) groups excluding carboxylic acids is 1. The average Bonchev–Trinajstić information content (AvgIpc) is 3.10. The van der Waals surface area contributed by atoms with E-state index in [0.717, 1.165) is 37.4 Å². The first-order valence-corrected chi connectivity index (χ1v) is 8.94. The van der Waals surface area contributed by atoms with Crippen LogP contribution in [0.25, 0.3) is 0 Å². The van der Waals surface area contributed by atoms with Crippen LogP contribution in [0.4, 0.5) is 0 Å². The molecule has 120 valence electrons. The Balaban J connectivity index is 1.58. The molecular weight excluding hydrogens is 260 g/mol. The molecule has 4 unspecified atom stereocenters. The van der Waals surface area contributed by atoms with Gasteiger partial charge in [-0.2, -0.15) is 0 Å². The molecule has 3 fully saturated rings. The largest absolute Gasteiger partial charge is 0.345 e. The molecule has 3 nitrogen and oxygen atoms in total.